The lowest BCUT2D eigenvalue weighted by Gasteiger charge is -2.10. The number of nitrogens with one attached hydrogen (secondary N) is 1. The molecule has 0 saturated heterocycles. The third kappa shape index (κ3) is 3.65. The van der Waals surface area contributed by atoms with Crippen LogP contribution in [0.4, 0.5) is 10.1 Å². The molecule has 0 spiro atoms. The number of anilines is 1. The Morgan fingerprint density at radius 2 is 1.81 bits per heavy atom. The molecule has 112 valence electrons. The molecule has 0 saturated carbocycles. The number of hydrogen-bond acceptors (Lipinski definition) is 3. The molecule has 4 nitrogen and oxygen atoms in total. The first-order valence-electron chi connectivity index (χ1n) is 5.70. The summed E-state index contributed by atoms with van der Waals surface area (Å²) in [5, 5.41) is 9.34. The van der Waals surface area contributed by atoms with Crippen LogP contribution in [0.5, 0.6) is 0 Å². The molecule has 0 aromatic heterocycles. The van der Waals surface area contributed by atoms with Crippen LogP contribution in [-0.4, -0.2) is 13.5 Å². The van der Waals surface area contributed by atoms with Gasteiger partial charge in [-0.2, -0.15) is 0 Å². The predicted octanol–water partition coefficient (Wildman–Crippen LogP) is 3.43. The minimum Gasteiger partial charge on any atom is -0.392 e. The first-order chi connectivity index (χ1) is 9.83. The first kappa shape index (κ1) is 16.0. The number of aliphatic hydroxyl groups excluding tert-OH is 1. The van der Waals surface area contributed by atoms with Gasteiger partial charge in [-0.15, -0.1) is 0 Å². The highest BCUT2D eigenvalue weighted by molar-refractivity contribution is 7.92. The highest BCUT2D eigenvalue weighted by atomic mass is 35.5. The van der Waals surface area contributed by atoms with Crippen molar-refractivity contribution in [1.29, 1.82) is 0 Å². The van der Waals surface area contributed by atoms with Gasteiger partial charge in [-0.25, -0.2) is 12.8 Å². The molecule has 8 heteroatoms. The summed E-state index contributed by atoms with van der Waals surface area (Å²) in [7, 11) is -4.11. The number of hydrogen-bond donors (Lipinski definition) is 2. The maximum absolute atomic E-state index is 13.8. The Morgan fingerprint density at radius 1 is 1.10 bits per heavy atom. The van der Waals surface area contributed by atoms with Gasteiger partial charge < -0.3 is 5.11 Å². The third-order valence-electron chi connectivity index (χ3n) is 2.64. The number of benzene rings is 2. The fourth-order valence-corrected chi connectivity index (χ4v) is 3.04. The van der Waals surface area contributed by atoms with Crippen molar-refractivity contribution >= 4 is 38.9 Å². The van der Waals surface area contributed by atoms with Crippen molar-refractivity contribution in [3.63, 3.8) is 0 Å². The molecular formula is C13H10Cl2FNO3S. The predicted molar refractivity (Wildman–Crippen MR) is 79.6 cm³/mol. The van der Waals surface area contributed by atoms with Crippen LogP contribution in [-0.2, 0) is 16.6 Å². The molecule has 0 unspecified atom stereocenters. The van der Waals surface area contributed by atoms with Crippen LogP contribution in [0.25, 0.3) is 0 Å². The molecule has 0 heterocycles. The van der Waals surface area contributed by atoms with Gasteiger partial charge in [0, 0.05) is 0 Å². The van der Waals surface area contributed by atoms with Gasteiger partial charge in [0.25, 0.3) is 10.0 Å². The minimum absolute atomic E-state index is 0.162. The summed E-state index contributed by atoms with van der Waals surface area (Å²) >= 11 is 11.5. The Labute approximate surface area is 131 Å². The van der Waals surface area contributed by atoms with Gasteiger partial charge in [0.05, 0.1) is 22.3 Å². The zero-order valence-corrected chi connectivity index (χ0v) is 12.8. The molecule has 0 radical (unpaired) electrons. The van der Waals surface area contributed by atoms with E-state index in [0.717, 1.165) is 12.1 Å². The smallest absolute Gasteiger partial charge is 0.264 e. The van der Waals surface area contributed by atoms with Gasteiger partial charge in [-0.3, -0.25) is 4.72 Å². The standard InChI is InChI=1S/C13H10Cl2FNO3S/c14-10-3-2-9(6-11(10)15)17-21(19,20)13-4-1-8(7-18)5-12(13)16/h1-6,17-18H,7H2. The second kappa shape index (κ2) is 6.19. The van der Waals surface area contributed by atoms with Crippen molar-refractivity contribution in [2.75, 3.05) is 4.72 Å². The van der Waals surface area contributed by atoms with Crippen molar-refractivity contribution in [3.05, 3.63) is 57.8 Å². The lowest BCUT2D eigenvalue weighted by atomic mass is 10.2. The quantitative estimate of drug-likeness (QED) is 0.888. The van der Waals surface area contributed by atoms with Gasteiger partial charge >= 0.3 is 0 Å². The van der Waals surface area contributed by atoms with E-state index < -0.39 is 20.7 Å². The van der Waals surface area contributed by atoms with Crippen molar-refractivity contribution < 1.29 is 17.9 Å². The largest absolute Gasteiger partial charge is 0.392 e. The first-order valence-corrected chi connectivity index (χ1v) is 7.94. The molecule has 2 aromatic rings. The molecule has 0 fully saturated rings. The SMILES string of the molecule is O=S(=O)(Nc1ccc(Cl)c(Cl)c1)c1ccc(CO)cc1F. The van der Waals surface area contributed by atoms with Crippen molar-refractivity contribution in [1.82, 2.24) is 0 Å². The molecule has 0 amide bonds. The molecule has 0 bridgehead atoms. The topological polar surface area (TPSA) is 66.4 Å². The summed E-state index contributed by atoms with van der Waals surface area (Å²) in [4.78, 5) is -0.522. The number of rotatable bonds is 4. The maximum Gasteiger partial charge on any atom is 0.264 e. The van der Waals surface area contributed by atoms with Crippen LogP contribution in [0.3, 0.4) is 0 Å². The van der Waals surface area contributed by atoms with E-state index in [1.165, 1.54) is 24.3 Å². The zero-order valence-electron chi connectivity index (χ0n) is 10.5. The van der Waals surface area contributed by atoms with Crippen LogP contribution in [0, 0.1) is 5.82 Å². The lowest BCUT2D eigenvalue weighted by Crippen LogP contribution is -2.14. The van der Waals surface area contributed by atoms with Crippen molar-refractivity contribution in [2.24, 2.45) is 0 Å². The molecule has 0 aliphatic rings. The van der Waals surface area contributed by atoms with Gasteiger partial charge in [0.1, 0.15) is 10.7 Å². The monoisotopic (exact) mass is 349 g/mol. The van der Waals surface area contributed by atoms with Crippen molar-refractivity contribution in [3.8, 4) is 0 Å². The molecular weight excluding hydrogens is 340 g/mol. The molecule has 2 aromatic carbocycles. The third-order valence-corrected chi connectivity index (χ3v) is 4.79. The second-order valence-electron chi connectivity index (χ2n) is 4.16. The molecule has 2 N–H and O–H groups in total. The summed E-state index contributed by atoms with van der Waals surface area (Å²) in [5.41, 5.74) is 0.441. The van der Waals surface area contributed by atoms with Gasteiger partial charge in [-0.05, 0) is 35.9 Å². The van der Waals surface area contributed by atoms with Gasteiger partial charge in [-0.1, -0.05) is 29.3 Å². The van der Waals surface area contributed by atoms with E-state index in [-0.39, 0.29) is 27.9 Å². The van der Waals surface area contributed by atoms with Crippen molar-refractivity contribution in [2.45, 2.75) is 11.5 Å². The van der Waals surface area contributed by atoms with E-state index in [4.69, 9.17) is 28.3 Å². The Balaban J connectivity index is 2.36. The molecule has 0 atom stereocenters. The Morgan fingerprint density at radius 3 is 2.38 bits per heavy atom. The van der Waals surface area contributed by atoms with E-state index in [9.17, 15) is 12.8 Å². The van der Waals surface area contributed by atoms with E-state index >= 15 is 0 Å². The van der Waals surface area contributed by atoms with Gasteiger partial charge in [0.2, 0.25) is 0 Å². The average Bonchev–Trinajstić information content (AvgIpc) is 2.42. The summed E-state index contributed by atoms with van der Waals surface area (Å²) in [5.74, 6) is -0.950. The van der Waals surface area contributed by atoms with E-state index in [1.807, 2.05) is 0 Å². The van der Waals surface area contributed by atoms with Crippen LogP contribution in [0.2, 0.25) is 10.0 Å². The van der Waals surface area contributed by atoms with Crippen LogP contribution in [0.15, 0.2) is 41.3 Å². The Hall–Kier alpha value is -1.34. The molecule has 0 aliphatic carbocycles. The molecule has 21 heavy (non-hydrogen) atoms. The highest BCUT2D eigenvalue weighted by Crippen LogP contribution is 2.27. The number of aliphatic hydroxyl groups is 1. The maximum atomic E-state index is 13.8. The normalized spacial score (nSPS) is 11.4. The van der Waals surface area contributed by atoms with Crippen LogP contribution in [0.1, 0.15) is 5.56 Å². The Kier molecular flexibility index (Phi) is 4.73. The minimum atomic E-state index is -4.11. The average molecular weight is 350 g/mol. The highest BCUT2D eigenvalue weighted by Gasteiger charge is 2.19. The van der Waals surface area contributed by atoms with E-state index in [0.29, 0.717) is 0 Å². The fourth-order valence-electron chi connectivity index (χ4n) is 1.63. The van der Waals surface area contributed by atoms with Crippen LogP contribution >= 0.6 is 23.2 Å². The van der Waals surface area contributed by atoms with Gasteiger partial charge in [0.15, 0.2) is 0 Å². The summed E-state index contributed by atoms with van der Waals surface area (Å²) in [6.45, 7) is -0.378. The Bertz CT molecular complexity index is 781. The fraction of sp³-hybridized carbons (Fsp3) is 0.0769. The second-order valence-corrected chi connectivity index (χ2v) is 6.62. The molecule has 0 aliphatic heterocycles. The van der Waals surface area contributed by atoms with E-state index in [2.05, 4.69) is 4.72 Å². The van der Waals surface area contributed by atoms with Crippen LogP contribution < -0.4 is 4.72 Å². The van der Waals surface area contributed by atoms with E-state index in [1.54, 1.807) is 0 Å². The lowest BCUT2D eigenvalue weighted by molar-refractivity contribution is 0.281. The summed E-state index contributed by atoms with van der Waals surface area (Å²) in [6, 6.07) is 7.52. The zero-order chi connectivity index (χ0) is 15.6. The number of sulfonamides is 1. The number of halogens is 3. The molecule has 2 rings (SSSR count). The summed E-state index contributed by atoms with van der Waals surface area (Å²) in [6.07, 6.45) is 0. The summed E-state index contributed by atoms with van der Waals surface area (Å²) < 4.78 is 40.3.